The molecule has 0 aliphatic heterocycles. The Labute approximate surface area is 108 Å². The van der Waals surface area contributed by atoms with Crippen LogP contribution >= 0.6 is 0 Å². The highest BCUT2D eigenvalue weighted by Gasteiger charge is 2.11. The second-order valence-corrected chi connectivity index (χ2v) is 4.25. The second-order valence-electron chi connectivity index (χ2n) is 4.25. The summed E-state index contributed by atoms with van der Waals surface area (Å²) in [7, 11) is 0. The number of hydrogen-bond donors (Lipinski definition) is 2. The summed E-state index contributed by atoms with van der Waals surface area (Å²) in [6.45, 7) is 7.83. The standard InChI is InChI=1S/C13H23NO4/c1-4-10(2)13(17)18-9-5-8-14-12(16)7-6-11(3)15/h10,15H,3-9H2,1-2H3,(H,14,16). The molecule has 18 heavy (non-hydrogen) atoms. The predicted molar refractivity (Wildman–Crippen MR) is 69.0 cm³/mol. The molecule has 0 heterocycles. The number of allylic oxidation sites excluding steroid dienone is 1. The predicted octanol–water partition coefficient (Wildman–Crippen LogP) is 1.93. The Balaban J connectivity index is 3.48. The number of hydrogen-bond acceptors (Lipinski definition) is 4. The van der Waals surface area contributed by atoms with Gasteiger partial charge in [0.25, 0.3) is 0 Å². The third kappa shape index (κ3) is 8.61. The summed E-state index contributed by atoms with van der Waals surface area (Å²) in [5.41, 5.74) is 0. The van der Waals surface area contributed by atoms with E-state index in [1.165, 1.54) is 0 Å². The molecule has 0 saturated carbocycles. The van der Waals surface area contributed by atoms with Crippen LogP contribution < -0.4 is 5.32 Å². The topological polar surface area (TPSA) is 75.6 Å². The van der Waals surface area contributed by atoms with Gasteiger partial charge in [0.15, 0.2) is 0 Å². The number of aliphatic hydroxyl groups excluding tert-OH is 1. The summed E-state index contributed by atoms with van der Waals surface area (Å²) >= 11 is 0. The van der Waals surface area contributed by atoms with E-state index in [1.807, 2.05) is 13.8 Å². The Kier molecular flexibility index (Phi) is 8.70. The highest BCUT2D eigenvalue weighted by Crippen LogP contribution is 2.03. The van der Waals surface area contributed by atoms with Crippen molar-refractivity contribution in [2.75, 3.05) is 13.2 Å². The first kappa shape index (κ1) is 16.5. The Morgan fingerprint density at radius 1 is 1.39 bits per heavy atom. The van der Waals surface area contributed by atoms with Crippen molar-refractivity contribution in [1.29, 1.82) is 0 Å². The molecule has 104 valence electrons. The summed E-state index contributed by atoms with van der Waals surface area (Å²) < 4.78 is 5.03. The Morgan fingerprint density at radius 2 is 2.06 bits per heavy atom. The minimum atomic E-state index is -0.194. The van der Waals surface area contributed by atoms with Gasteiger partial charge in [-0.1, -0.05) is 20.4 Å². The first-order valence-electron chi connectivity index (χ1n) is 6.27. The van der Waals surface area contributed by atoms with Crippen LogP contribution in [0.1, 0.15) is 39.5 Å². The average molecular weight is 257 g/mol. The molecule has 0 rings (SSSR count). The van der Waals surface area contributed by atoms with E-state index in [-0.39, 0.29) is 36.4 Å². The van der Waals surface area contributed by atoms with Gasteiger partial charge in [-0.15, -0.1) is 0 Å². The van der Waals surface area contributed by atoms with Gasteiger partial charge in [0.05, 0.1) is 18.3 Å². The summed E-state index contributed by atoms with van der Waals surface area (Å²) in [6.07, 6.45) is 1.85. The van der Waals surface area contributed by atoms with Crippen molar-refractivity contribution in [3.8, 4) is 0 Å². The molecule has 0 aromatic rings. The molecule has 2 N–H and O–H groups in total. The van der Waals surface area contributed by atoms with Crippen molar-refractivity contribution in [3.05, 3.63) is 12.3 Å². The Hall–Kier alpha value is -1.52. The van der Waals surface area contributed by atoms with Crippen molar-refractivity contribution >= 4 is 11.9 Å². The number of esters is 1. The molecule has 5 nitrogen and oxygen atoms in total. The molecule has 0 bridgehead atoms. The zero-order chi connectivity index (χ0) is 14.0. The van der Waals surface area contributed by atoms with Gasteiger partial charge in [0, 0.05) is 19.4 Å². The van der Waals surface area contributed by atoms with Crippen LogP contribution in [0.5, 0.6) is 0 Å². The van der Waals surface area contributed by atoms with Crippen molar-refractivity contribution < 1.29 is 19.4 Å². The van der Waals surface area contributed by atoms with Crippen LogP contribution in [0.2, 0.25) is 0 Å². The van der Waals surface area contributed by atoms with Crippen molar-refractivity contribution in [2.24, 2.45) is 5.92 Å². The van der Waals surface area contributed by atoms with E-state index >= 15 is 0 Å². The Bertz CT molecular complexity index is 289. The van der Waals surface area contributed by atoms with Gasteiger partial charge in [0.2, 0.25) is 5.91 Å². The fourth-order valence-corrected chi connectivity index (χ4v) is 1.13. The molecule has 0 aromatic heterocycles. The average Bonchev–Trinajstić information content (AvgIpc) is 2.34. The van der Waals surface area contributed by atoms with E-state index in [0.29, 0.717) is 19.6 Å². The fourth-order valence-electron chi connectivity index (χ4n) is 1.13. The van der Waals surface area contributed by atoms with E-state index in [9.17, 15) is 9.59 Å². The molecule has 0 fully saturated rings. The maximum absolute atomic E-state index is 11.3. The molecule has 1 amide bonds. The molecule has 5 heteroatoms. The third-order valence-electron chi connectivity index (χ3n) is 2.54. The number of carbonyl (C=O) groups excluding carboxylic acids is 2. The molecular formula is C13H23NO4. The van der Waals surface area contributed by atoms with Gasteiger partial charge in [-0.3, -0.25) is 9.59 Å². The number of carbonyl (C=O) groups is 2. The van der Waals surface area contributed by atoms with Crippen molar-refractivity contribution in [2.45, 2.75) is 39.5 Å². The van der Waals surface area contributed by atoms with Gasteiger partial charge in [-0.25, -0.2) is 0 Å². The molecule has 1 atom stereocenters. The van der Waals surface area contributed by atoms with E-state index in [1.54, 1.807) is 0 Å². The molecule has 0 aliphatic carbocycles. The van der Waals surface area contributed by atoms with Crippen LogP contribution in [0.15, 0.2) is 12.3 Å². The maximum atomic E-state index is 11.3. The lowest BCUT2D eigenvalue weighted by atomic mass is 10.1. The van der Waals surface area contributed by atoms with Gasteiger partial charge in [0.1, 0.15) is 0 Å². The van der Waals surface area contributed by atoms with Crippen LogP contribution in [0.4, 0.5) is 0 Å². The van der Waals surface area contributed by atoms with Crippen LogP contribution in [-0.2, 0) is 14.3 Å². The van der Waals surface area contributed by atoms with Crippen LogP contribution in [0.25, 0.3) is 0 Å². The van der Waals surface area contributed by atoms with Gasteiger partial charge in [-0.05, 0) is 12.8 Å². The number of nitrogens with one attached hydrogen (secondary N) is 1. The highest BCUT2D eigenvalue weighted by atomic mass is 16.5. The summed E-state index contributed by atoms with van der Waals surface area (Å²) in [6, 6.07) is 0. The largest absolute Gasteiger partial charge is 0.513 e. The van der Waals surface area contributed by atoms with Crippen LogP contribution in [-0.4, -0.2) is 30.1 Å². The molecule has 0 spiro atoms. The molecule has 0 aromatic carbocycles. The number of ether oxygens (including phenoxy) is 1. The zero-order valence-electron chi connectivity index (χ0n) is 11.2. The van der Waals surface area contributed by atoms with E-state index in [4.69, 9.17) is 9.84 Å². The smallest absolute Gasteiger partial charge is 0.308 e. The zero-order valence-corrected chi connectivity index (χ0v) is 11.2. The van der Waals surface area contributed by atoms with Gasteiger partial charge in [-0.2, -0.15) is 0 Å². The lowest BCUT2D eigenvalue weighted by Gasteiger charge is -2.09. The second kappa shape index (κ2) is 9.50. The lowest BCUT2D eigenvalue weighted by Crippen LogP contribution is -2.25. The van der Waals surface area contributed by atoms with E-state index in [0.717, 1.165) is 6.42 Å². The third-order valence-corrected chi connectivity index (χ3v) is 2.54. The van der Waals surface area contributed by atoms with Crippen molar-refractivity contribution in [3.63, 3.8) is 0 Å². The quantitative estimate of drug-likeness (QED) is 0.376. The first-order valence-corrected chi connectivity index (χ1v) is 6.27. The van der Waals surface area contributed by atoms with Gasteiger partial charge < -0.3 is 15.2 Å². The normalized spacial score (nSPS) is 11.7. The molecule has 0 aliphatic rings. The van der Waals surface area contributed by atoms with Crippen molar-refractivity contribution in [1.82, 2.24) is 5.32 Å². The molecule has 1 unspecified atom stereocenters. The molecular weight excluding hydrogens is 234 g/mol. The number of aliphatic hydroxyl groups is 1. The fraction of sp³-hybridized carbons (Fsp3) is 0.692. The molecule has 0 saturated heterocycles. The van der Waals surface area contributed by atoms with E-state index in [2.05, 4.69) is 11.9 Å². The Morgan fingerprint density at radius 3 is 2.61 bits per heavy atom. The monoisotopic (exact) mass is 257 g/mol. The summed E-state index contributed by atoms with van der Waals surface area (Å²) in [5, 5.41) is 11.5. The highest BCUT2D eigenvalue weighted by molar-refractivity contribution is 5.76. The minimum absolute atomic E-state index is 0.00707. The summed E-state index contributed by atoms with van der Waals surface area (Å²) in [5.74, 6) is -0.401. The minimum Gasteiger partial charge on any atom is -0.513 e. The first-order chi connectivity index (χ1) is 8.47. The van der Waals surface area contributed by atoms with Crippen LogP contribution in [0.3, 0.4) is 0 Å². The van der Waals surface area contributed by atoms with Gasteiger partial charge >= 0.3 is 5.97 Å². The van der Waals surface area contributed by atoms with E-state index < -0.39 is 0 Å². The molecule has 0 radical (unpaired) electrons. The maximum Gasteiger partial charge on any atom is 0.308 e. The van der Waals surface area contributed by atoms with Crippen LogP contribution in [0, 0.1) is 5.92 Å². The lowest BCUT2D eigenvalue weighted by molar-refractivity contribution is -0.148. The SMILES string of the molecule is C=C(O)CCC(=O)NCCCOC(=O)C(C)CC. The number of rotatable bonds is 9. The summed E-state index contributed by atoms with van der Waals surface area (Å²) in [4.78, 5) is 22.5. The number of amides is 1.